The minimum atomic E-state index is 0.234. The van der Waals surface area contributed by atoms with Gasteiger partial charge in [-0.1, -0.05) is 48.5 Å². The molecule has 3 rings (SSSR count). The Bertz CT molecular complexity index is 591. The van der Waals surface area contributed by atoms with Crippen molar-refractivity contribution in [2.75, 3.05) is 24.5 Å². The first-order valence-corrected chi connectivity index (χ1v) is 7.94. The van der Waals surface area contributed by atoms with E-state index in [2.05, 4.69) is 29.2 Å². The van der Waals surface area contributed by atoms with E-state index in [1.54, 1.807) is 0 Å². The van der Waals surface area contributed by atoms with E-state index in [1.807, 2.05) is 41.3 Å². The first kappa shape index (κ1) is 14.6. The molecule has 3 nitrogen and oxygen atoms in total. The number of likely N-dealkylation sites (tertiary alicyclic amines) is 1. The molecular weight excluding hydrogens is 272 g/mol. The van der Waals surface area contributed by atoms with Crippen LogP contribution < -0.4 is 4.90 Å². The Kier molecular flexibility index (Phi) is 4.74. The summed E-state index contributed by atoms with van der Waals surface area (Å²) < 4.78 is 0. The molecule has 1 fully saturated rings. The summed E-state index contributed by atoms with van der Waals surface area (Å²) in [5.41, 5.74) is 2.32. The first-order valence-electron chi connectivity index (χ1n) is 7.94. The van der Waals surface area contributed by atoms with Gasteiger partial charge < -0.3 is 9.80 Å². The zero-order valence-corrected chi connectivity index (χ0v) is 12.8. The van der Waals surface area contributed by atoms with Crippen LogP contribution in [0.2, 0.25) is 0 Å². The molecular formula is C19H22N2O. The van der Waals surface area contributed by atoms with Gasteiger partial charge in [0.25, 0.3) is 0 Å². The maximum atomic E-state index is 12.5. The summed E-state index contributed by atoms with van der Waals surface area (Å²) >= 11 is 0. The third-order valence-corrected chi connectivity index (χ3v) is 4.12. The van der Waals surface area contributed by atoms with Gasteiger partial charge in [-0.25, -0.2) is 0 Å². The topological polar surface area (TPSA) is 23.6 Å². The molecule has 0 aromatic heterocycles. The zero-order valence-electron chi connectivity index (χ0n) is 12.8. The zero-order chi connectivity index (χ0) is 15.2. The third kappa shape index (κ3) is 3.67. The molecule has 0 atom stereocenters. The SMILES string of the molecule is O=C(CN(Cc1ccccc1)c1ccccc1)N1CCCC1. The van der Waals surface area contributed by atoms with Crippen molar-refractivity contribution in [3.05, 3.63) is 66.2 Å². The van der Waals surface area contributed by atoms with E-state index in [1.165, 1.54) is 5.56 Å². The molecule has 2 aromatic rings. The number of hydrogen-bond acceptors (Lipinski definition) is 2. The predicted octanol–water partition coefficient (Wildman–Crippen LogP) is 3.32. The summed E-state index contributed by atoms with van der Waals surface area (Å²) in [7, 11) is 0. The van der Waals surface area contributed by atoms with Crippen LogP contribution in [0.25, 0.3) is 0 Å². The molecule has 0 radical (unpaired) electrons. The second kappa shape index (κ2) is 7.12. The van der Waals surface area contributed by atoms with Gasteiger partial charge in [-0.05, 0) is 30.5 Å². The number of hydrogen-bond donors (Lipinski definition) is 0. The van der Waals surface area contributed by atoms with Crippen molar-refractivity contribution in [1.82, 2.24) is 4.90 Å². The second-order valence-electron chi connectivity index (χ2n) is 5.77. The normalized spacial score (nSPS) is 14.1. The highest BCUT2D eigenvalue weighted by atomic mass is 16.2. The molecule has 22 heavy (non-hydrogen) atoms. The third-order valence-electron chi connectivity index (χ3n) is 4.12. The van der Waals surface area contributed by atoms with Crippen LogP contribution in [0.5, 0.6) is 0 Å². The first-order chi connectivity index (χ1) is 10.8. The lowest BCUT2D eigenvalue weighted by Gasteiger charge is -2.27. The lowest BCUT2D eigenvalue weighted by molar-refractivity contribution is -0.128. The van der Waals surface area contributed by atoms with Gasteiger partial charge in [0.1, 0.15) is 0 Å². The Morgan fingerprint density at radius 1 is 0.909 bits per heavy atom. The number of amides is 1. The van der Waals surface area contributed by atoms with Crippen LogP contribution in [0.1, 0.15) is 18.4 Å². The molecule has 1 heterocycles. The van der Waals surface area contributed by atoms with Crippen molar-refractivity contribution in [1.29, 1.82) is 0 Å². The molecule has 0 N–H and O–H groups in total. The van der Waals surface area contributed by atoms with Crippen LogP contribution in [0, 0.1) is 0 Å². The lowest BCUT2D eigenvalue weighted by Crippen LogP contribution is -2.38. The van der Waals surface area contributed by atoms with E-state index >= 15 is 0 Å². The Labute approximate surface area is 132 Å². The van der Waals surface area contributed by atoms with Gasteiger partial charge in [-0.15, -0.1) is 0 Å². The van der Waals surface area contributed by atoms with E-state index in [0.717, 1.165) is 38.2 Å². The van der Waals surface area contributed by atoms with E-state index in [9.17, 15) is 4.79 Å². The van der Waals surface area contributed by atoms with Crippen LogP contribution in [0.4, 0.5) is 5.69 Å². The fourth-order valence-corrected chi connectivity index (χ4v) is 2.91. The molecule has 1 aliphatic rings. The summed E-state index contributed by atoms with van der Waals surface area (Å²) in [5, 5.41) is 0. The quantitative estimate of drug-likeness (QED) is 0.844. The smallest absolute Gasteiger partial charge is 0.242 e. The molecule has 1 amide bonds. The van der Waals surface area contributed by atoms with Gasteiger partial charge in [0.15, 0.2) is 0 Å². The van der Waals surface area contributed by atoms with Gasteiger partial charge in [-0.2, -0.15) is 0 Å². The van der Waals surface area contributed by atoms with Gasteiger partial charge in [0.05, 0.1) is 6.54 Å². The Hall–Kier alpha value is -2.29. The van der Waals surface area contributed by atoms with Crippen LogP contribution in [-0.2, 0) is 11.3 Å². The second-order valence-corrected chi connectivity index (χ2v) is 5.77. The van der Waals surface area contributed by atoms with Gasteiger partial charge >= 0.3 is 0 Å². The molecule has 1 saturated heterocycles. The summed E-state index contributed by atoms with van der Waals surface area (Å²) in [6, 6.07) is 20.5. The number of carbonyl (C=O) groups is 1. The van der Waals surface area contributed by atoms with Crippen molar-refractivity contribution in [2.24, 2.45) is 0 Å². The summed E-state index contributed by atoms with van der Waals surface area (Å²) in [5.74, 6) is 0.234. The van der Waals surface area contributed by atoms with Crippen LogP contribution in [-0.4, -0.2) is 30.4 Å². The highest BCUT2D eigenvalue weighted by molar-refractivity contribution is 5.81. The average molecular weight is 294 g/mol. The molecule has 1 aliphatic heterocycles. The Morgan fingerprint density at radius 2 is 1.50 bits per heavy atom. The minimum absolute atomic E-state index is 0.234. The molecule has 3 heteroatoms. The minimum Gasteiger partial charge on any atom is -0.358 e. The van der Waals surface area contributed by atoms with Gasteiger partial charge in [0.2, 0.25) is 5.91 Å². The number of para-hydroxylation sites is 1. The summed E-state index contributed by atoms with van der Waals surface area (Å²) in [4.78, 5) is 16.7. The summed E-state index contributed by atoms with van der Waals surface area (Å²) in [6.07, 6.45) is 2.27. The van der Waals surface area contributed by atoms with Crippen molar-refractivity contribution >= 4 is 11.6 Å². The molecule has 114 valence electrons. The predicted molar refractivity (Wildman–Crippen MR) is 89.7 cm³/mol. The van der Waals surface area contributed by atoms with Crippen molar-refractivity contribution in [3.8, 4) is 0 Å². The number of carbonyl (C=O) groups excluding carboxylic acids is 1. The molecule has 0 saturated carbocycles. The molecule has 2 aromatic carbocycles. The highest BCUT2D eigenvalue weighted by Gasteiger charge is 2.20. The number of benzene rings is 2. The monoisotopic (exact) mass is 294 g/mol. The van der Waals surface area contributed by atoms with E-state index < -0.39 is 0 Å². The van der Waals surface area contributed by atoms with Crippen LogP contribution in [0.3, 0.4) is 0 Å². The average Bonchev–Trinajstić information content (AvgIpc) is 3.11. The van der Waals surface area contributed by atoms with Crippen LogP contribution in [0.15, 0.2) is 60.7 Å². The van der Waals surface area contributed by atoms with Crippen molar-refractivity contribution in [2.45, 2.75) is 19.4 Å². The van der Waals surface area contributed by atoms with Crippen molar-refractivity contribution in [3.63, 3.8) is 0 Å². The molecule has 0 spiro atoms. The molecule has 0 aliphatic carbocycles. The number of rotatable bonds is 5. The largest absolute Gasteiger partial charge is 0.358 e. The van der Waals surface area contributed by atoms with Gasteiger partial charge in [-0.3, -0.25) is 4.79 Å². The Morgan fingerprint density at radius 3 is 2.14 bits per heavy atom. The maximum absolute atomic E-state index is 12.5. The van der Waals surface area contributed by atoms with E-state index in [-0.39, 0.29) is 5.91 Å². The number of nitrogens with zero attached hydrogens (tertiary/aromatic N) is 2. The van der Waals surface area contributed by atoms with Gasteiger partial charge in [0, 0.05) is 25.3 Å². The van der Waals surface area contributed by atoms with Crippen LogP contribution >= 0.6 is 0 Å². The van der Waals surface area contributed by atoms with Crippen molar-refractivity contribution < 1.29 is 4.79 Å². The molecule has 0 bridgehead atoms. The fourth-order valence-electron chi connectivity index (χ4n) is 2.91. The standard InChI is InChI=1S/C19H22N2O/c22-19(20-13-7-8-14-20)16-21(18-11-5-2-6-12-18)15-17-9-3-1-4-10-17/h1-6,9-12H,7-8,13-16H2. The summed E-state index contributed by atoms with van der Waals surface area (Å²) in [6.45, 7) is 3.02. The van der Waals surface area contributed by atoms with E-state index in [4.69, 9.17) is 0 Å². The lowest BCUT2D eigenvalue weighted by atomic mass is 10.2. The molecule has 0 unspecified atom stereocenters. The fraction of sp³-hybridized carbons (Fsp3) is 0.316. The van der Waals surface area contributed by atoms with E-state index in [0.29, 0.717) is 6.54 Å². The maximum Gasteiger partial charge on any atom is 0.242 e. The number of anilines is 1. The highest BCUT2D eigenvalue weighted by Crippen LogP contribution is 2.18. The Balaban J connectivity index is 1.75.